The van der Waals surface area contributed by atoms with Crippen molar-refractivity contribution in [2.24, 2.45) is 0 Å². The van der Waals surface area contributed by atoms with Gasteiger partial charge in [0, 0.05) is 44.6 Å². The molecule has 0 spiro atoms. The third kappa shape index (κ3) is 7.49. The number of halogens is 2. The largest absolute Gasteiger partial charge is 0.500 e. The molecular weight excluding hydrogens is 759 g/mol. The molecule has 0 unspecified atom stereocenters. The molecule has 3 aromatic heterocycles. The van der Waals surface area contributed by atoms with Crippen molar-refractivity contribution in [1.82, 2.24) is 9.97 Å². The number of aromatic nitrogens is 2. The Morgan fingerprint density at radius 3 is 2.20 bits per heavy atom. The smallest absolute Gasteiger partial charge is 0.143 e. The molecule has 7 heteroatoms. The Labute approximate surface area is 286 Å². The molecule has 3 aromatic carbocycles. The van der Waals surface area contributed by atoms with E-state index in [-0.39, 0.29) is 37.0 Å². The van der Waals surface area contributed by atoms with Crippen LogP contribution in [0.5, 0.6) is 0 Å². The van der Waals surface area contributed by atoms with E-state index in [0.29, 0.717) is 22.4 Å². The van der Waals surface area contributed by atoms with Gasteiger partial charge in [0.05, 0.1) is 19.9 Å². The first-order chi connectivity index (χ1) is 22.6. The summed E-state index contributed by atoms with van der Waals surface area (Å²) < 4.78 is 72.2. The maximum absolute atomic E-state index is 14.0. The molecule has 0 N–H and O–H groups in total. The van der Waals surface area contributed by atoms with E-state index in [4.69, 9.17) is 11.3 Å². The number of hydrogen-bond acceptors (Lipinski definition) is 3. The van der Waals surface area contributed by atoms with Crippen LogP contribution in [0.25, 0.3) is 44.5 Å². The zero-order valence-corrected chi connectivity index (χ0v) is 29.7. The monoisotopic (exact) mass is 802 g/mol. The molecule has 0 aliphatic heterocycles. The topological polar surface area (TPSA) is 38.9 Å². The van der Waals surface area contributed by atoms with Crippen LogP contribution in [-0.2, 0) is 20.1 Å². The molecule has 0 amide bonds. The van der Waals surface area contributed by atoms with Gasteiger partial charge in [-0.2, -0.15) is 0 Å². The molecular formula is C38H38F2IrN2OSi-2. The molecule has 0 saturated carbocycles. The first-order valence-electron chi connectivity index (χ1n) is 16.9. The predicted molar refractivity (Wildman–Crippen MR) is 180 cm³/mol. The van der Waals surface area contributed by atoms with Crippen LogP contribution in [0.15, 0.2) is 77.5 Å². The van der Waals surface area contributed by atoms with Crippen molar-refractivity contribution in [1.29, 1.82) is 0 Å². The fraction of sp³-hybridized carbons (Fsp3) is 0.263. The van der Waals surface area contributed by atoms with E-state index in [9.17, 15) is 8.78 Å². The van der Waals surface area contributed by atoms with Crippen LogP contribution >= 0.6 is 0 Å². The van der Waals surface area contributed by atoms with Gasteiger partial charge in [-0.25, -0.2) is 8.78 Å². The minimum Gasteiger partial charge on any atom is -0.500 e. The first-order valence-corrected chi connectivity index (χ1v) is 17.9. The molecule has 6 aromatic rings. The van der Waals surface area contributed by atoms with Gasteiger partial charge in [0.1, 0.15) is 17.2 Å². The number of furan rings is 1. The van der Waals surface area contributed by atoms with Gasteiger partial charge in [-0.15, -0.1) is 53.6 Å². The summed E-state index contributed by atoms with van der Waals surface area (Å²) in [6.45, 7) is 11.6. The summed E-state index contributed by atoms with van der Waals surface area (Å²) in [6.07, 6.45) is 2.99. The number of pyridine rings is 2. The molecule has 6 rings (SSSR count). The molecule has 0 aliphatic carbocycles. The molecule has 0 saturated heterocycles. The first kappa shape index (κ1) is 27.8. The Morgan fingerprint density at radius 1 is 0.844 bits per heavy atom. The number of fused-ring (bicyclic) bond motifs is 3. The Hall–Kier alpha value is -3.51. The number of hydrogen-bond donors (Lipinski definition) is 0. The molecule has 1 radical (unpaired) electrons. The second-order valence-corrected chi connectivity index (χ2v) is 17.3. The van der Waals surface area contributed by atoms with Crippen LogP contribution in [0.2, 0.25) is 19.6 Å². The van der Waals surface area contributed by atoms with Crippen LogP contribution in [0.3, 0.4) is 0 Å². The Kier molecular flexibility index (Phi) is 8.55. The molecule has 3 heterocycles. The quantitative estimate of drug-likeness (QED) is 0.129. The van der Waals surface area contributed by atoms with Crippen LogP contribution < -0.4 is 5.19 Å². The van der Waals surface area contributed by atoms with Crippen molar-refractivity contribution in [3.63, 3.8) is 0 Å². The Morgan fingerprint density at radius 2 is 1.56 bits per heavy atom. The maximum atomic E-state index is 14.0. The standard InChI is InChI=1S/C20H14F2NO.C18H24NSi.Ir/c1-11(2)16-9-18(23-10-17(16)22)15-5-3-4-14-13-7-6-12(21)8-19(13)24-20(14)15;1-13(2)16-11-17(15-9-7-14(3)8-10-15)19-12-18(16)20(4,5)6;/h3-4,6-11H,1-2H3;7-9,11-13H,1-6H3;/q2*-1;/i11D;3D3,13D;. The van der Waals surface area contributed by atoms with Gasteiger partial charge in [-0.05, 0) is 46.1 Å². The average Bonchev–Trinajstić information content (AvgIpc) is 3.37. The third-order valence-electron chi connectivity index (χ3n) is 7.38. The van der Waals surface area contributed by atoms with Gasteiger partial charge >= 0.3 is 0 Å². The maximum Gasteiger partial charge on any atom is 0.143 e. The van der Waals surface area contributed by atoms with E-state index < -0.39 is 32.5 Å². The zero-order chi connectivity index (χ0) is 36.1. The van der Waals surface area contributed by atoms with Gasteiger partial charge in [-0.1, -0.05) is 82.8 Å². The normalized spacial score (nSPS) is 13.9. The number of rotatable bonds is 5. The van der Waals surface area contributed by atoms with Gasteiger partial charge in [0.15, 0.2) is 0 Å². The van der Waals surface area contributed by atoms with Crippen molar-refractivity contribution < 1.29 is 40.2 Å². The number of benzene rings is 3. The van der Waals surface area contributed by atoms with Crippen molar-refractivity contribution in [2.75, 3.05) is 0 Å². The molecule has 235 valence electrons. The van der Waals surface area contributed by atoms with E-state index in [1.54, 1.807) is 44.2 Å². The van der Waals surface area contributed by atoms with E-state index in [1.807, 2.05) is 32.2 Å². The third-order valence-corrected chi connectivity index (χ3v) is 9.40. The molecule has 0 fully saturated rings. The summed E-state index contributed by atoms with van der Waals surface area (Å²) in [5.74, 6) is -2.73. The Bertz CT molecular complexity index is 2150. The molecule has 0 aliphatic rings. The summed E-state index contributed by atoms with van der Waals surface area (Å²) in [4.78, 5) is 8.70. The van der Waals surface area contributed by atoms with E-state index in [2.05, 4.69) is 41.7 Å². The summed E-state index contributed by atoms with van der Waals surface area (Å²) in [5.41, 5.74) is 4.92. The van der Waals surface area contributed by atoms with Crippen LogP contribution in [0.1, 0.15) is 63.0 Å². The summed E-state index contributed by atoms with van der Waals surface area (Å²) in [6, 6.07) is 22.4. The average molecular weight is 802 g/mol. The molecule has 0 bridgehead atoms. The van der Waals surface area contributed by atoms with Crippen LogP contribution in [-0.4, -0.2) is 18.0 Å². The van der Waals surface area contributed by atoms with Gasteiger partial charge in [0.2, 0.25) is 0 Å². The van der Waals surface area contributed by atoms with E-state index in [1.165, 1.54) is 23.4 Å². The van der Waals surface area contributed by atoms with Crippen molar-refractivity contribution >= 4 is 35.2 Å². The van der Waals surface area contributed by atoms with Gasteiger partial charge in [0.25, 0.3) is 0 Å². The van der Waals surface area contributed by atoms with E-state index in [0.717, 1.165) is 33.8 Å². The summed E-state index contributed by atoms with van der Waals surface area (Å²) in [5, 5.41) is 2.78. The number of nitrogens with zero attached hydrogens (tertiary/aromatic N) is 2. The van der Waals surface area contributed by atoms with Crippen LogP contribution in [0.4, 0.5) is 8.78 Å². The fourth-order valence-corrected chi connectivity index (χ4v) is 6.64. The predicted octanol–water partition coefficient (Wildman–Crippen LogP) is 10.4. The van der Waals surface area contributed by atoms with Crippen molar-refractivity contribution in [3.8, 4) is 22.5 Å². The van der Waals surface area contributed by atoms with Crippen molar-refractivity contribution in [2.45, 2.75) is 66.0 Å². The molecule has 3 nitrogen and oxygen atoms in total. The van der Waals surface area contributed by atoms with E-state index >= 15 is 0 Å². The summed E-state index contributed by atoms with van der Waals surface area (Å²) >= 11 is 0. The minimum atomic E-state index is -2.13. The zero-order valence-electron chi connectivity index (χ0n) is 31.3. The van der Waals surface area contributed by atoms with Gasteiger partial charge in [-0.3, -0.25) is 0 Å². The SMILES string of the molecule is [2H]C(C)(C)c1cc(-c2[c-]ccc3c2oc2cc(F)ccc23)ncc1F.[2H]C([2H])([2H])c1c[c-]c(-c2cc(C([2H])(C)C)c([Si](C)(C)C)cn2)cc1.[Ir]. The van der Waals surface area contributed by atoms with Crippen molar-refractivity contribution in [3.05, 3.63) is 114 Å². The fourth-order valence-electron chi connectivity index (χ4n) is 5.06. The number of aryl methyl sites for hydroxylation is 1. The van der Waals surface area contributed by atoms with Crippen LogP contribution in [0, 0.1) is 30.6 Å². The second kappa shape index (κ2) is 13.9. The summed E-state index contributed by atoms with van der Waals surface area (Å²) in [7, 11) is -1.61. The van der Waals surface area contributed by atoms with Gasteiger partial charge < -0.3 is 14.4 Å². The minimum absolute atomic E-state index is 0. The Balaban J connectivity index is 0.000000221. The second-order valence-electron chi connectivity index (χ2n) is 12.2. The molecule has 45 heavy (non-hydrogen) atoms. The molecule has 0 atom stereocenters.